The van der Waals surface area contributed by atoms with Crippen LogP contribution >= 0.6 is 195 Å². The zero-order valence-corrected chi connectivity index (χ0v) is 93.6. The number of benzene rings is 7. The van der Waals surface area contributed by atoms with Gasteiger partial charge in [0.1, 0.15) is 42.2 Å². The molecule has 0 amide bonds. The van der Waals surface area contributed by atoms with Gasteiger partial charge < -0.3 is 82.5 Å². The van der Waals surface area contributed by atoms with Gasteiger partial charge in [0.05, 0.1) is 28.7 Å². The van der Waals surface area contributed by atoms with Crippen molar-refractivity contribution < 1.29 is 73.2 Å². The minimum absolute atomic E-state index is 0. The van der Waals surface area contributed by atoms with Gasteiger partial charge in [-0.15, -0.1) is 0 Å². The van der Waals surface area contributed by atoms with Gasteiger partial charge in [0.2, 0.25) is 5.56 Å². The Kier molecular flexibility index (Phi) is 65.0. The number of aliphatic carboxylic acids is 1. The number of hydrogen-bond acceptors (Lipinski definition) is 24. The van der Waals surface area contributed by atoms with Gasteiger partial charge in [0, 0.05) is 175 Å². The van der Waals surface area contributed by atoms with Crippen LogP contribution in [0.5, 0.6) is 5.75 Å². The van der Waals surface area contributed by atoms with Crippen LogP contribution in [0.4, 0.5) is 46.0 Å². The monoisotopic (exact) mass is 2380 g/mol. The van der Waals surface area contributed by atoms with Crippen LogP contribution in [0.15, 0.2) is 330 Å². The van der Waals surface area contributed by atoms with Crippen LogP contribution in [0.3, 0.4) is 0 Å². The van der Waals surface area contributed by atoms with E-state index >= 15 is 0 Å². The van der Waals surface area contributed by atoms with Gasteiger partial charge in [-0.2, -0.15) is 0 Å². The number of hydrogen-bond donors (Lipinski definition) is 11. The topological polar surface area (TPSA) is 424 Å². The molecule has 48 heteroatoms. The maximum atomic E-state index is 12.1. The first-order chi connectivity index (χ1) is 63.1. The number of aromatic nitrogens is 7. The van der Waals surface area contributed by atoms with Crippen LogP contribution in [0, 0.1) is 0 Å². The quantitative estimate of drug-likeness (QED) is 0.0116. The number of rotatable bonds is 24. The fourth-order valence-corrected chi connectivity index (χ4v) is 12.5. The molecule has 0 saturated heterocycles. The van der Waals surface area contributed by atoms with E-state index in [4.69, 9.17) is 45.7 Å². The summed E-state index contributed by atoms with van der Waals surface area (Å²) in [7, 11) is 24.5. The molecule has 0 bridgehead atoms. The Morgan fingerprint density at radius 2 is 0.933 bits per heavy atom. The molecule has 8 heterocycles. The first-order valence-electron chi connectivity index (χ1n) is 38.5. The minimum atomic E-state index is -3.22. The van der Waals surface area contributed by atoms with E-state index in [1.807, 2.05) is 206 Å². The van der Waals surface area contributed by atoms with E-state index in [1.165, 1.54) is 33.9 Å². The van der Waals surface area contributed by atoms with Crippen LogP contribution in [0.1, 0.15) is 49.3 Å². The summed E-state index contributed by atoms with van der Waals surface area (Å²) in [5.74, 6) is 2.84. The third kappa shape index (κ3) is 55.0. The number of halogens is 12. The predicted octanol–water partition coefficient (Wildman–Crippen LogP) is 22.2. The number of nitrogens with zero attached hydrogens (tertiary/aromatic N) is 7. The predicted molar refractivity (Wildman–Crippen MR) is 584 cm³/mol. The SMILES string of the molecule is N.NCc1ccccc1.O=C(Cl)C(=O)Cl.O=C(O)CN(Cc1ccccc1)c1ccnc(NP)c1.O=C1CN(Cc2ccccc2)c2ccnc(NP)c21.O=P(Br)(Br)Br.O=P(Cl)(Cl)Cl.O=c1cc(NCc2ccccc2)cc[nH]1.O=c1cc(OCc2ccccc2)cc[nH]1.PNc1cc(NCc2ccccc2)ccn1.PNc1nccc2c1c(Br)cn2Cc1ccccc1.[Cl][Al]([Cl])[Cl].[Na+].[OH-]. The van der Waals surface area contributed by atoms with E-state index in [2.05, 4.69) is 282 Å². The fraction of sp³-hybridized carbons (Fsp3) is 0.103. The molecule has 28 nitrogen and oxygen atoms in total. The first-order valence-corrected chi connectivity index (χ1v) is 59.7. The van der Waals surface area contributed by atoms with Gasteiger partial charge in [0.25, 0.3) is 8.81 Å². The second-order valence-electron chi connectivity index (χ2n) is 26.2. The molecule has 710 valence electrons. The van der Waals surface area contributed by atoms with Crippen LogP contribution in [-0.2, 0) is 69.4 Å². The van der Waals surface area contributed by atoms with Gasteiger partial charge in [-0.1, -0.05) is 212 Å². The van der Waals surface area contributed by atoms with Gasteiger partial charge in [-0.05, 0) is 186 Å². The number of nitrogens with two attached hydrogens (primary N) is 1. The second kappa shape index (κ2) is 70.7. The Morgan fingerprint density at radius 1 is 0.533 bits per heavy atom. The minimum Gasteiger partial charge on any atom is -0.870 e. The van der Waals surface area contributed by atoms with Gasteiger partial charge in [-0.25, -0.2) is 50.1 Å². The molecule has 7 aromatic heterocycles. The Morgan fingerprint density at radius 3 is 1.37 bits per heavy atom. The third-order valence-corrected chi connectivity index (χ3v) is 18.9. The van der Waals surface area contributed by atoms with E-state index in [0.717, 1.165) is 87.1 Å². The second-order valence-corrected chi connectivity index (χ2v) is 60.3. The van der Waals surface area contributed by atoms with Crippen molar-refractivity contribution in [1.82, 2.24) is 40.6 Å². The van der Waals surface area contributed by atoms with E-state index in [9.17, 15) is 37.9 Å². The maximum Gasteiger partial charge on any atom is 1.00 e. The summed E-state index contributed by atoms with van der Waals surface area (Å²) in [6, 6.07) is 88.5. The number of ketones is 1. The largest absolute Gasteiger partial charge is 1.00 e. The number of ether oxygens (including phenoxy) is 1. The normalized spacial score (nSPS) is 10.2. The van der Waals surface area contributed by atoms with Crippen LogP contribution in [-0.4, -0.2) is 91.8 Å². The number of carbonyl (C=O) groups excluding carboxylic acids is 3. The Balaban J connectivity index is 0.000000517. The standard InChI is InChI=1S/C14H13BrN3P.C14H16N3O2P.C14H14N3OP.C12H14N3P.C12H12N2O.C12H11NO2.C7H9N.C2Cl2O2.Al.Br3OP.Cl3OP.3ClH.H3N.Na.H2O/c15-11-9-18(8-10-4-2-1-3-5-10)12-6-7-16-14(17-19)13(11)12;18-14(19)10-17(9-11-4-2-1-3-5-11)12-6-7-15-13(8-12)16-20;18-12-9-17(8-10-4-2-1-3-5-10)11-6-7-15-14(16-19)13(11)12;16-15-12-8-11(6-7-13-12)14-9-10-4-2-1-3-5-10;15-12-8-11(6-7-13-12)14-9-10-4-2-1-3-5-10;14-12-8-11(6-7-13-12)15-9-10-4-2-1-3-5-10;8-6-7-4-2-1-3-5-7;3-1(5)2(4)6;;2*1-5(2,3)4;;;;;;/h1-7,9H,8,19H2,(H,16,17);1-8H,9-10,20H2,(H,15,16)(H,18,19);1-7H,8-9,19H2,(H,15,16);1-8H,9,16H2,(H2,13,14,15);1-8H,9H2,(H2,13,14,15);1-8H,9H2,(H,13,14);1-5H,6,8H2;;;;;3*1H;1H3;;1H2/q;;;;;;;;+3;;;;;;;+1;/p-4. The van der Waals surface area contributed by atoms with Crippen LogP contribution in [0.2, 0.25) is 0 Å². The molecule has 0 saturated carbocycles. The van der Waals surface area contributed by atoms with Crippen molar-refractivity contribution in [2.45, 2.75) is 45.9 Å². The summed E-state index contributed by atoms with van der Waals surface area (Å²) in [5, 5.41) is 23.0. The smallest absolute Gasteiger partial charge is 0.870 e. The molecule has 15 N–H and O–H groups in total. The Hall–Kier alpha value is -6.91. The zero-order valence-electron chi connectivity index (χ0n) is 71.7. The van der Waals surface area contributed by atoms with Crippen LogP contribution < -0.4 is 98.1 Å². The summed E-state index contributed by atoms with van der Waals surface area (Å²) in [6.45, 7) is 5.14. The number of anilines is 8. The van der Waals surface area contributed by atoms with E-state index < -0.39 is 36.3 Å². The number of aromatic amines is 2. The molecule has 1 aliphatic rings. The summed E-state index contributed by atoms with van der Waals surface area (Å²) in [4.78, 5) is 89.8. The molecular weight excluding hydrogens is 2300 g/mol. The number of nitrogens with one attached hydrogen (secondary N) is 8. The molecular formula is C87H93AlBr4Cl8N17NaO11P6. The molecule has 0 aliphatic carbocycles. The number of pyridine rings is 6. The number of carbonyl (C=O) groups is 4. The van der Waals surface area contributed by atoms with Crippen LogP contribution in [0.25, 0.3) is 10.9 Å². The molecule has 15 rings (SSSR count). The molecule has 14 aromatic rings. The summed E-state index contributed by atoms with van der Waals surface area (Å²) < 4.78 is 26.0. The number of fused-ring (bicyclic) bond motifs is 2. The number of Topliss-reactive ketones (excluding diaryl/α,β-unsaturated/α-hetero) is 1. The summed E-state index contributed by atoms with van der Waals surface area (Å²) in [6.07, 6.45) is 12.3. The summed E-state index contributed by atoms with van der Waals surface area (Å²) in [5.41, 5.74) is 18.9. The maximum absolute atomic E-state index is 12.1. The molecule has 4 atom stereocenters. The van der Waals surface area contributed by atoms with Crippen molar-refractivity contribution in [3.8, 4) is 5.75 Å². The summed E-state index contributed by atoms with van der Waals surface area (Å²) >= 11 is 33.0. The third-order valence-electron chi connectivity index (χ3n) is 16.7. The van der Waals surface area contributed by atoms with Gasteiger partial charge in [0.15, 0.2) is 5.78 Å². The van der Waals surface area contributed by atoms with Gasteiger partial charge in [-0.3, -0.25) is 37.9 Å². The Bertz CT molecular complexity index is 5880. The molecule has 135 heavy (non-hydrogen) atoms. The molecule has 4 unspecified atom stereocenters. The van der Waals surface area contributed by atoms with Crippen molar-refractivity contribution in [3.05, 3.63) is 386 Å². The zero-order chi connectivity index (χ0) is 96.6. The van der Waals surface area contributed by atoms with E-state index in [0.29, 0.717) is 49.2 Å². The first kappa shape index (κ1) is 124. The van der Waals surface area contributed by atoms with E-state index in [1.54, 1.807) is 54.1 Å². The van der Waals surface area contributed by atoms with Crippen molar-refractivity contribution in [2.24, 2.45) is 5.73 Å². The number of carboxylic acid groups (broad SMARTS) is 1. The van der Waals surface area contributed by atoms with Gasteiger partial charge >= 0.3 is 62.6 Å². The number of carboxylic acids is 1. The molecule has 7 aromatic carbocycles. The van der Waals surface area contributed by atoms with Crippen molar-refractivity contribution >= 4 is 286 Å². The van der Waals surface area contributed by atoms with Crippen molar-refractivity contribution in [2.75, 3.05) is 53.9 Å². The number of H-pyrrole nitrogens is 2. The Labute approximate surface area is 887 Å². The molecule has 0 radical (unpaired) electrons. The molecule has 0 spiro atoms. The average molecular weight is 2390 g/mol. The molecule has 0 fully saturated rings. The van der Waals surface area contributed by atoms with Crippen molar-refractivity contribution in [3.63, 3.8) is 0 Å². The fourth-order valence-electron chi connectivity index (χ4n) is 11.1. The average Bonchev–Trinajstić information content (AvgIpc) is 1.64. The molecule has 1 aliphatic heterocycles. The van der Waals surface area contributed by atoms with Crippen molar-refractivity contribution in [1.29, 1.82) is 0 Å². The van der Waals surface area contributed by atoms with E-state index in [-0.39, 0.29) is 64.6 Å².